The lowest BCUT2D eigenvalue weighted by Gasteiger charge is -2.06. The van der Waals surface area contributed by atoms with E-state index >= 15 is 0 Å². The minimum absolute atomic E-state index is 0.761. The van der Waals surface area contributed by atoms with Gasteiger partial charge in [0.1, 0.15) is 5.82 Å². The van der Waals surface area contributed by atoms with Crippen molar-refractivity contribution in [3.63, 3.8) is 0 Å². The number of nitrogens with two attached hydrogens (primary N) is 1. The molecule has 1 heterocycles. The van der Waals surface area contributed by atoms with Gasteiger partial charge in [0.15, 0.2) is 0 Å². The van der Waals surface area contributed by atoms with Crippen molar-refractivity contribution in [2.75, 3.05) is 17.6 Å². The SMILES string of the molecule is Cc1cc(NCC2CC2)ncc1N. The van der Waals surface area contributed by atoms with E-state index in [9.17, 15) is 0 Å². The zero-order chi connectivity index (χ0) is 9.26. The Morgan fingerprint density at radius 1 is 1.62 bits per heavy atom. The molecule has 3 nitrogen and oxygen atoms in total. The number of pyridine rings is 1. The fourth-order valence-electron chi connectivity index (χ4n) is 1.23. The molecule has 0 unspecified atom stereocenters. The van der Waals surface area contributed by atoms with Gasteiger partial charge >= 0.3 is 0 Å². The Hall–Kier alpha value is -1.25. The minimum atomic E-state index is 0.761. The number of nitrogen functional groups attached to an aromatic ring is 1. The third-order valence-corrected chi connectivity index (χ3v) is 2.42. The lowest BCUT2D eigenvalue weighted by atomic mass is 10.2. The van der Waals surface area contributed by atoms with Crippen LogP contribution in [-0.2, 0) is 0 Å². The average Bonchev–Trinajstić information content (AvgIpc) is 2.91. The zero-order valence-electron chi connectivity index (χ0n) is 7.88. The fourth-order valence-corrected chi connectivity index (χ4v) is 1.23. The van der Waals surface area contributed by atoms with Crippen LogP contribution < -0.4 is 11.1 Å². The van der Waals surface area contributed by atoms with E-state index < -0.39 is 0 Å². The van der Waals surface area contributed by atoms with Crippen molar-refractivity contribution in [1.82, 2.24) is 4.98 Å². The van der Waals surface area contributed by atoms with E-state index in [0.29, 0.717) is 0 Å². The molecule has 1 aromatic heterocycles. The third kappa shape index (κ3) is 2.11. The van der Waals surface area contributed by atoms with Gasteiger partial charge in [-0.15, -0.1) is 0 Å². The topological polar surface area (TPSA) is 50.9 Å². The van der Waals surface area contributed by atoms with E-state index in [1.165, 1.54) is 12.8 Å². The molecule has 3 heteroatoms. The third-order valence-electron chi connectivity index (χ3n) is 2.42. The van der Waals surface area contributed by atoms with E-state index in [1.807, 2.05) is 13.0 Å². The standard InChI is InChI=1S/C10H15N3/c1-7-4-10(13-6-9(7)11)12-5-8-2-3-8/h4,6,8H,2-3,5,11H2,1H3,(H,12,13). The molecule has 1 aliphatic rings. The van der Waals surface area contributed by atoms with E-state index in [-0.39, 0.29) is 0 Å². The maximum atomic E-state index is 5.67. The Morgan fingerprint density at radius 2 is 2.38 bits per heavy atom. The first-order valence-corrected chi connectivity index (χ1v) is 4.71. The van der Waals surface area contributed by atoms with Crippen molar-refractivity contribution in [2.24, 2.45) is 5.92 Å². The summed E-state index contributed by atoms with van der Waals surface area (Å²) in [4.78, 5) is 4.20. The first kappa shape index (κ1) is 8.35. The van der Waals surface area contributed by atoms with Gasteiger partial charge in [-0.2, -0.15) is 0 Å². The molecule has 1 aliphatic carbocycles. The van der Waals surface area contributed by atoms with Crippen molar-refractivity contribution in [2.45, 2.75) is 19.8 Å². The number of aromatic nitrogens is 1. The van der Waals surface area contributed by atoms with Gasteiger partial charge < -0.3 is 11.1 Å². The number of hydrogen-bond acceptors (Lipinski definition) is 3. The summed E-state index contributed by atoms with van der Waals surface area (Å²) in [6, 6.07) is 2.00. The van der Waals surface area contributed by atoms with Crippen LogP contribution in [0.1, 0.15) is 18.4 Å². The monoisotopic (exact) mass is 177 g/mol. The first-order chi connectivity index (χ1) is 6.25. The number of nitrogens with one attached hydrogen (secondary N) is 1. The molecule has 13 heavy (non-hydrogen) atoms. The van der Waals surface area contributed by atoms with Gasteiger partial charge in [0.2, 0.25) is 0 Å². The summed E-state index contributed by atoms with van der Waals surface area (Å²) in [5.41, 5.74) is 7.52. The second kappa shape index (κ2) is 3.24. The van der Waals surface area contributed by atoms with E-state index in [0.717, 1.165) is 29.5 Å². The van der Waals surface area contributed by atoms with Crippen molar-refractivity contribution in [3.05, 3.63) is 17.8 Å². The highest BCUT2D eigenvalue weighted by atomic mass is 15.0. The lowest BCUT2D eigenvalue weighted by Crippen LogP contribution is -2.05. The van der Waals surface area contributed by atoms with Crippen molar-refractivity contribution in [3.8, 4) is 0 Å². The van der Waals surface area contributed by atoms with Crippen LogP contribution in [-0.4, -0.2) is 11.5 Å². The number of aryl methyl sites for hydroxylation is 1. The molecule has 0 amide bonds. The van der Waals surface area contributed by atoms with Crippen molar-refractivity contribution in [1.29, 1.82) is 0 Å². The number of anilines is 2. The summed E-state index contributed by atoms with van der Waals surface area (Å²) in [5.74, 6) is 1.82. The molecular formula is C10H15N3. The Kier molecular flexibility index (Phi) is 2.08. The van der Waals surface area contributed by atoms with Crippen LogP contribution in [0.25, 0.3) is 0 Å². The van der Waals surface area contributed by atoms with Crippen LogP contribution in [0.3, 0.4) is 0 Å². The van der Waals surface area contributed by atoms with Crippen LogP contribution >= 0.6 is 0 Å². The highest BCUT2D eigenvalue weighted by Gasteiger charge is 2.20. The van der Waals surface area contributed by atoms with Crippen molar-refractivity contribution < 1.29 is 0 Å². The van der Waals surface area contributed by atoms with Gasteiger partial charge in [0.25, 0.3) is 0 Å². The molecule has 0 radical (unpaired) electrons. The smallest absolute Gasteiger partial charge is 0.126 e. The lowest BCUT2D eigenvalue weighted by molar-refractivity contribution is 0.883. The summed E-state index contributed by atoms with van der Waals surface area (Å²) in [6.45, 7) is 3.05. The van der Waals surface area contributed by atoms with E-state index in [4.69, 9.17) is 5.73 Å². The summed E-state index contributed by atoms with van der Waals surface area (Å²) in [7, 11) is 0. The molecule has 0 aromatic carbocycles. The Balaban J connectivity index is 1.98. The van der Waals surface area contributed by atoms with Gasteiger partial charge in [-0.3, -0.25) is 0 Å². The highest BCUT2D eigenvalue weighted by Crippen LogP contribution is 2.28. The van der Waals surface area contributed by atoms with Crippen molar-refractivity contribution >= 4 is 11.5 Å². The summed E-state index contributed by atoms with van der Waals surface area (Å²) in [6.07, 6.45) is 4.44. The normalized spacial score (nSPS) is 15.8. The molecule has 0 saturated heterocycles. The second-order valence-corrected chi connectivity index (χ2v) is 3.75. The molecule has 70 valence electrons. The Bertz CT molecular complexity index is 305. The maximum absolute atomic E-state index is 5.67. The van der Waals surface area contributed by atoms with Gasteiger partial charge in [-0.05, 0) is 37.3 Å². The molecule has 0 atom stereocenters. The second-order valence-electron chi connectivity index (χ2n) is 3.75. The van der Waals surface area contributed by atoms with Gasteiger partial charge in [0, 0.05) is 6.54 Å². The van der Waals surface area contributed by atoms with Crippen LogP contribution in [0, 0.1) is 12.8 Å². The first-order valence-electron chi connectivity index (χ1n) is 4.71. The molecule has 1 fully saturated rings. The van der Waals surface area contributed by atoms with Gasteiger partial charge in [-0.25, -0.2) is 4.98 Å². The zero-order valence-corrected chi connectivity index (χ0v) is 7.88. The van der Waals surface area contributed by atoms with Gasteiger partial charge in [-0.1, -0.05) is 0 Å². The maximum Gasteiger partial charge on any atom is 0.126 e. The summed E-state index contributed by atoms with van der Waals surface area (Å²) < 4.78 is 0. The molecule has 3 N–H and O–H groups in total. The highest BCUT2D eigenvalue weighted by molar-refractivity contribution is 5.50. The number of hydrogen-bond donors (Lipinski definition) is 2. The summed E-state index contributed by atoms with van der Waals surface area (Å²) >= 11 is 0. The van der Waals surface area contributed by atoms with Crippen LogP contribution in [0.4, 0.5) is 11.5 Å². The molecule has 0 spiro atoms. The molecule has 1 aromatic rings. The molecular weight excluding hydrogens is 162 g/mol. The predicted molar refractivity (Wildman–Crippen MR) is 54.6 cm³/mol. The number of rotatable bonds is 3. The molecule has 0 bridgehead atoms. The summed E-state index contributed by atoms with van der Waals surface area (Å²) in [5, 5.41) is 3.31. The Labute approximate surface area is 78.4 Å². The fraction of sp³-hybridized carbons (Fsp3) is 0.500. The minimum Gasteiger partial charge on any atom is -0.397 e. The largest absolute Gasteiger partial charge is 0.397 e. The Morgan fingerprint density at radius 3 is 3.00 bits per heavy atom. The van der Waals surface area contributed by atoms with Crippen LogP contribution in [0.15, 0.2) is 12.3 Å². The predicted octanol–water partition coefficient (Wildman–Crippen LogP) is 1.79. The number of nitrogens with zero attached hydrogens (tertiary/aromatic N) is 1. The van der Waals surface area contributed by atoms with Crippen LogP contribution in [0.2, 0.25) is 0 Å². The van der Waals surface area contributed by atoms with E-state index in [2.05, 4.69) is 10.3 Å². The van der Waals surface area contributed by atoms with E-state index in [1.54, 1.807) is 6.20 Å². The quantitative estimate of drug-likeness (QED) is 0.740. The van der Waals surface area contributed by atoms with Crippen LogP contribution in [0.5, 0.6) is 0 Å². The molecule has 2 rings (SSSR count). The van der Waals surface area contributed by atoms with Gasteiger partial charge in [0.05, 0.1) is 11.9 Å². The average molecular weight is 177 g/mol. The molecule has 0 aliphatic heterocycles. The molecule has 1 saturated carbocycles.